The minimum atomic E-state index is -1.03. The first-order valence-electron chi connectivity index (χ1n) is 7.06. The predicted octanol–water partition coefficient (Wildman–Crippen LogP) is 2.95. The van der Waals surface area contributed by atoms with Crippen molar-refractivity contribution in [2.24, 2.45) is 5.92 Å². The van der Waals surface area contributed by atoms with E-state index in [1.807, 2.05) is 54.1 Å². The Labute approximate surface area is 129 Å². The fraction of sp³-hybridized carbons (Fsp3) is 0.353. The molecule has 0 aliphatic heterocycles. The van der Waals surface area contributed by atoms with Gasteiger partial charge in [-0.25, -0.2) is 0 Å². The molecular formula is C17H21NO2S. The molecule has 0 bridgehead atoms. The van der Waals surface area contributed by atoms with Crippen molar-refractivity contribution in [2.75, 3.05) is 6.54 Å². The van der Waals surface area contributed by atoms with E-state index in [-0.39, 0.29) is 18.4 Å². The van der Waals surface area contributed by atoms with E-state index < -0.39 is 5.60 Å². The van der Waals surface area contributed by atoms with E-state index in [1.54, 1.807) is 6.92 Å². The van der Waals surface area contributed by atoms with Gasteiger partial charge in [-0.15, -0.1) is 0 Å². The van der Waals surface area contributed by atoms with Gasteiger partial charge >= 0.3 is 0 Å². The topological polar surface area (TPSA) is 49.3 Å². The largest absolute Gasteiger partial charge is 0.384 e. The molecule has 0 spiro atoms. The summed E-state index contributed by atoms with van der Waals surface area (Å²) in [5.41, 5.74) is 0.954. The minimum absolute atomic E-state index is 0.0330. The molecule has 1 amide bonds. The van der Waals surface area contributed by atoms with Crippen LogP contribution in [0, 0.1) is 5.92 Å². The van der Waals surface area contributed by atoms with Gasteiger partial charge in [-0.3, -0.25) is 4.79 Å². The van der Waals surface area contributed by atoms with Crippen LogP contribution >= 0.6 is 11.3 Å². The van der Waals surface area contributed by atoms with E-state index >= 15 is 0 Å². The van der Waals surface area contributed by atoms with Crippen molar-refractivity contribution in [1.82, 2.24) is 5.32 Å². The fourth-order valence-corrected chi connectivity index (χ4v) is 2.95. The number of carbonyl (C=O) groups excluding carboxylic acids is 1. The maximum atomic E-state index is 12.1. The standard InChI is InChI=1S/C17H21NO2S/c1-13(10-14-6-4-3-5-7-14)16(19)18-12-17(2,20)15-8-9-21-11-15/h3-9,11,13,20H,10,12H2,1-2H3,(H,18,19). The quantitative estimate of drug-likeness (QED) is 0.862. The van der Waals surface area contributed by atoms with Gasteiger partial charge in [0.2, 0.25) is 5.91 Å². The summed E-state index contributed by atoms with van der Waals surface area (Å²) in [4.78, 5) is 12.1. The lowest BCUT2D eigenvalue weighted by Gasteiger charge is -2.24. The van der Waals surface area contributed by atoms with Gasteiger partial charge in [0.25, 0.3) is 0 Å². The van der Waals surface area contributed by atoms with Crippen molar-refractivity contribution in [2.45, 2.75) is 25.9 Å². The number of aliphatic hydroxyl groups is 1. The van der Waals surface area contributed by atoms with Gasteiger partial charge in [-0.05, 0) is 41.3 Å². The first kappa shape index (κ1) is 15.7. The van der Waals surface area contributed by atoms with E-state index in [2.05, 4.69) is 5.32 Å². The SMILES string of the molecule is CC(Cc1ccccc1)C(=O)NCC(C)(O)c1ccsc1. The van der Waals surface area contributed by atoms with Crippen molar-refractivity contribution in [3.05, 3.63) is 58.3 Å². The van der Waals surface area contributed by atoms with Gasteiger partial charge < -0.3 is 10.4 Å². The number of hydrogen-bond acceptors (Lipinski definition) is 3. The lowest BCUT2D eigenvalue weighted by Crippen LogP contribution is -2.40. The van der Waals surface area contributed by atoms with Crippen LogP contribution in [0.4, 0.5) is 0 Å². The normalized spacial score (nSPS) is 15.2. The molecule has 2 unspecified atom stereocenters. The zero-order valence-corrected chi connectivity index (χ0v) is 13.2. The van der Waals surface area contributed by atoms with Gasteiger partial charge in [-0.1, -0.05) is 37.3 Å². The van der Waals surface area contributed by atoms with Crippen LogP contribution in [0.5, 0.6) is 0 Å². The van der Waals surface area contributed by atoms with Crippen LogP contribution in [0.25, 0.3) is 0 Å². The number of amides is 1. The third-order valence-electron chi connectivity index (χ3n) is 3.58. The first-order chi connectivity index (χ1) is 9.99. The summed E-state index contributed by atoms with van der Waals surface area (Å²) < 4.78 is 0. The lowest BCUT2D eigenvalue weighted by atomic mass is 9.97. The molecule has 1 aromatic carbocycles. The number of rotatable bonds is 6. The third-order valence-corrected chi connectivity index (χ3v) is 4.27. The Balaban J connectivity index is 1.87. The van der Waals surface area contributed by atoms with Crippen LogP contribution in [0.15, 0.2) is 47.2 Å². The highest BCUT2D eigenvalue weighted by molar-refractivity contribution is 7.08. The summed E-state index contributed by atoms with van der Waals surface area (Å²) in [5.74, 6) is -0.153. The van der Waals surface area contributed by atoms with Crippen LogP contribution in [-0.2, 0) is 16.8 Å². The molecule has 2 aromatic rings. The minimum Gasteiger partial charge on any atom is -0.384 e. The molecule has 0 saturated heterocycles. The van der Waals surface area contributed by atoms with E-state index in [9.17, 15) is 9.90 Å². The molecule has 0 fully saturated rings. The van der Waals surface area contributed by atoms with Crippen LogP contribution in [0.2, 0.25) is 0 Å². The second-order valence-electron chi connectivity index (χ2n) is 5.59. The van der Waals surface area contributed by atoms with Crippen LogP contribution in [0.3, 0.4) is 0 Å². The van der Waals surface area contributed by atoms with Crippen LogP contribution in [0.1, 0.15) is 25.0 Å². The first-order valence-corrected chi connectivity index (χ1v) is 8.00. The number of benzene rings is 1. The molecular weight excluding hydrogens is 282 g/mol. The van der Waals surface area contributed by atoms with Crippen molar-refractivity contribution >= 4 is 17.2 Å². The lowest BCUT2D eigenvalue weighted by molar-refractivity contribution is -0.125. The van der Waals surface area contributed by atoms with Gasteiger partial charge in [0, 0.05) is 5.92 Å². The van der Waals surface area contributed by atoms with Crippen LogP contribution < -0.4 is 5.32 Å². The second-order valence-corrected chi connectivity index (χ2v) is 6.37. The Kier molecular flexibility index (Phi) is 5.15. The average molecular weight is 303 g/mol. The molecule has 3 nitrogen and oxygen atoms in total. The Morgan fingerprint density at radius 3 is 2.67 bits per heavy atom. The van der Waals surface area contributed by atoms with E-state index in [4.69, 9.17) is 0 Å². The number of thiophene rings is 1. The number of nitrogens with one attached hydrogen (secondary N) is 1. The molecule has 0 radical (unpaired) electrons. The Hall–Kier alpha value is -1.65. The highest BCUT2D eigenvalue weighted by Crippen LogP contribution is 2.22. The molecule has 2 N–H and O–H groups in total. The zero-order chi connectivity index (χ0) is 15.3. The fourth-order valence-electron chi connectivity index (χ4n) is 2.17. The van der Waals surface area contributed by atoms with Gasteiger partial charge in [-0.2, -0.15) is 11.3 Å². The maximum absolute atomic E-state index is 12.1. The Morgan fingerprint density at radius 2 is 2.05 bits per heavy atom. The molecule has 112 valence electrons. The van der Waals surface area contributed by atoms with Crippen molar-refractivity contribution in [3.8, 4) is 0 Å². The molecule has 4 heteroatoms. The summed E-state index contributed by atoms with van der Waals surface area (Å²) >= 11 is 1.54. The number of carbonyl (C=O) groups is 1. The van der Waals surface area contributed by atoms with Crippen molar-refractivity contribution < 1.29 is 9.90 Å². The summed E-state index contributed by atoms with van der Waals surface area (Å²) in [5, 5.41) is 17.1. The second kappa shape index (κ2) is 6.87. The zero-order valence-electron chi connectivity index (χ0n) is 12.4. The van der Waals surface area contributed by atoms with E-state index in [1.165, 1.54) is 11.3 Å². The molecule has 2 rings (SSSR count). The summed E-state index contributed by atoms with van der Waals surface area (Å²) in [6.07, 6.45) is 0.702. The molecule has 0 aliphatic rings. The molecule has 0 aliphatic carbocycles. The van der Waals surface area contributed by atoms with Gasteiger partial charge in [0.15, 0.2) is 0 Å². The van der Waals surface area contributed by atoms with E-state index in [0.29, 0.717) is 6.42 Å². The summed E-state index contributed by atoms with van der Waals surface area (Å²) in [6, 6.07) is 11.8. The van der Waals surface area contributed by atoms with E-state index in [0.717, 1.165) is 11.1 Å². The van der Waals surface area contributed by atoms with Crippen molar-refractivity contribution in [3.63, 3.8) is 0 Å². The maximum Gasteiger partial charge on any atom is 0.223 e. The Morgan fingerprint density at radius 1 is 1.33 bits per heavy atom. The molecule has 2 atom stereocenters. The Bertz CT molecular complexity index is 564. The highest BCUT2D eigenvalue weighted by atomic mass is 32.1. The smallest absolute Gasteiger partial charge is 0.223 e. The highest BCUT2D eigenvalue weighted by Gasteiger charge is 2.25. The van der Waals surface area contributed by atoms with Gasteiger partial charge in [0.1, 0.15) is 5.60 Å². The third kappa shape index (κ3) is 4.41. The number of hydrogen-bond donors (Lipinski definition) is 2. The molecule has 1 heterocycles. The molecule has 0 saturated carbocycles. The molecule has 21 heavy (non-hydrogen) atoms. The molecule has 1 aromatic heterocycles. The predicted molar refractivity (Wildman–Crippen MR) is 86.2 cm³/mol. The van der Waals surface area contributed by atoms with Crippen LogP contribution in [-0.4, -0.2) is 17.6 Å². The average Bonchev–Trinajstić information content (AvgIpc) is 3.01. The summed E-state index contributed by atoms with van der Waals surface area (Å²) in [7, 11) is 0. The monoisotopic (exact) mass is 303 g/mol. The van der Waals surface area contributed by atoms with Gasteiger partial charge in [0.05, 0.1) is 6.54 Å². The van der Waals surface area contributed by atoms with Crippen molar-refractivity contribution in [1.29, 1.82) is 0 Å². The summed E-state index contributed by atoms with van der Waals surface area (Å²) in [6.45, 7) is 3.85.